The van der Waals surface area contributed by atoms with Gasteiger partial charge in [0.1, 0.15) is 5.76 Å². The summed E-state index contributed by atoms with van der Waals surface area (Å²) < 4.78 is 5.34. The molecule has 0 spiro atoms. The summed E-state index contributed by atoms with van der Waals surface area (Å²) in [5.74, 6) is -0.522. The Balaban J connectivity index is 2.06. The molecule has 1 aromatic rings. The maximum absolute atomic E-state index is 12.3. The molecular formula is C13H18N2O4. The van der Waals surface area contributed by atoms with E-state index in [2.05, 4.69) is 0 Å². The summed E-state index contributed by atoms with van der Waals surface area (Å²) >= 11 is 0. The van der Waals surface area contributed by atoms with Gasteiger partial charge in [0.15, 0.2) is 5.76 Å². The molecule has 0 bridgehead atoms. The molecule has 0 aromatic carbocycles. The number of carbonyl (C=O) groups is 2. The van der Waals surface area contributed by atoms with Crippen LogP contribution in [0.2, 0.25) is 0 Å². The third kappa shape index (κ3) is 2.78. The Morgan fingerprint density at radius 3 is 2.79 bits per heavy atom. The molecule has 2 heterocycles. The quantitative estimate of drug-likeness (QED) is 0.852. The van der Waals surface area contributed by atoms with Crippen molar-refractivity contribution >= 4 is 11.9 Å². The van der Waals surface area contributed by atoms with E-state index in [0.717, 1.165) is 0 Å². The molecule has 19 heavy (non-hydrogen) atoms. The molecule has 6 nitrogen and oxygen atoms in total. The van der Waals surface area contributed by atoms with E-state index in [-0.39, 0.29) is 30.2 Å². The van der Waals surface area contributed by atoms with E-state index in [0.29, 0.717) is 25.1 Å². The number of likely N-dealkylation sites (tertiary alicyclic amines) is 1. The number of hydrogen-bond donors (Lipinski definition) is 2. The minimum atomic E-state index is -0.789. The Hall–Kier alpha value is -1.82. The summed E-state index contributed by atoms with van der Waals surface area (Å²) in [5, 5.41) is 9.00. The van der Waals surface area contributed by atoms with Gasteiger partial charge >= 0.3 is 5.97 Å². The first-order valence-electron chi connectivity index (χ1n) is 6.35. The number of piperidine rings is 1. The first kappa shape index (κ1) is 13.6. The lowest BCUT2D eigenvalue weighted by Gasteiger charge is -2.35. The molecule has 1 aliphatic heterocycles. The van der Waals surface area contributed by atoms with Gasteiger partial charge in [-0.15, -0.1) is 0 Å². The molecule has 3 N–H and O–H groups in total. The molecule has 1 saturated heterocycles. The van der Waals surface area contributed by atoms with Gasteiger partial charge in [0.05, 0.1) is 12.5 Å². The number of amides is 1. The number of carbonyl (C=O) groups excluding carboxylic acids is 1. The van der Waals surface area contributed by atoms with Crippen molar-refractivity contribution < 1.29 is 19.1 Å². The smallest absolute Gasteiger partial charge is 0.306 e. The summed E-state index contributed by atoms with van der Waals surface area (Å²) in [6.07, 6.45) is 0.960. The van der Waals surface area contributed by atoms with E-state index in [1.54, 1.807) is 17.0 Å². The fourth-order valence-electron chi connectivity index (χ4n) is 2.44. The highest BCUT2D eigenvalue weighted by Crippen LogP contribution is 2.25. The number of carboxylic acid groups (broad SMARTS) is 1. The standard InChI is InChI=1S/C13H18N2O4/c1-8-6-9(13(17)18)4-5-15(8)12(16)11-3-2-10(7-14)19-11/h2-3,8-9H,4-7,14H2,1H3,(H,17,18). The molecule has 104 valence electrons. The first-order chi connectivity index (χ1) is 9.02. The Bertz CT molecular complexity index is 483. The minimum Gasteiger partial charge on any atom is -0.481 e. The number of aliphatic carboxylic acids is 1. The predicted molar refractivity (Wildman–Crippen MR) is 67.5 cm³/mol. The summed E-state index contributed by atoms with van der Waals surface area (Å²) in [4.78, 5) is 24.9. The monoisotopic (exact) mass is 266 g/mol. The van der Waals surface area contributed by atoms with Crippen molar-refractivity contribution in [3.8, 4) is 0 Å². The van der Waals surface area contributed by atoms with Crippen molar-refractivity contribution in [1.82, 2.24) is 4.90 Å². The molecule has 0 radical (unpaired) electrons. The van der Waals surface area contributed by atoms with Gasteiger partial charge in [-0.05, 0) is 31.9 Å². The van der Waals surface area contributed by atoms with Crippen molar-refractivity contribution in [3.05, 3.63) is 23.7 Å². The van der Waals surface area contributed by atoms with Gasteiger partial charge in [-0.1, -0.05) is 0 Å². The zero-order chi connectivity index (χ0) is 14.0. The average molecular weight is 266 g/mol. The number of furan rings is 1. The molecule has 6 heteroatoms. The van der Waals surface area contributed by atoms with Gasteiger partial charge in [0.25, 0.3) is 5.91 Å². The topological polar surface area (TPSA) is 96.8 Å². The van der Waals surface area contributed by atoms with Crippen LogP contribution in [0.5, 0.6) is 0 Å². The van der Waals surface area contributed by atoms with Crippen molar-refractivity contribution in [2.75, 3.05) is 6.54 Å². The SMILES string of the molecule is CC1CC(C(=O)O)CCN1C(=O)c1ccc(CN)o1. The van der Waals surface area contributed by atoms with Crippen LogP contribution < -0.4 is 5.73 Å². The number of rotatable bonds is 3. The molecule has 1 aromatic heterocycles. The van der Waals surface area contributed by atoms with E-state index >= 15 is 0 Å². The predicted octanol–water partition coefficient (Wildman–Crippen LogP) is 1.06. The van der Waals surface area contributed by atoms with Gasteiger partial charge in [0, 0.05) is 12.6 Å². The largest absolute Gasteiger partial charge is 0.481 e. The Morgan fingerprint density at radius 1 is 1.53 bits per heavy atom. The number of nitrogens with two attached hydrogens (primary N) is 1. The van der Waals surface area contributed by atoms with Crippen molar-refractivity contribution in [2.45, 2.75) is 32.4 Å². The fraction of sp³-hybridized carbons (Fsp3) is 0.538. The van der Waals surface area contributed by atoms with Crippen LogP contribution in [0.15, 0.2) is 16.5 Å². The van der Waals surface area contributed by atoms with Gasteiger partial charge in [-0.3, -0.25) is 9.59 Å². The van der Waals surface area contributed by atoms with Crippen LogP contribution in [0.1, 0.15) is 36.1 Å². The Morgan fingerprint density at radius 2 is 2.26 bits per heavy atom. The molecule has 2 atom stereocenters. The lowest BCUT2D eigenvalue weighted by molar-refractivity contribution is -0.143. The van der Waals surface area contributed by atoms with Gasteiger partial charge in [-0.2, -0.15) is 0 Å². The summed E-state index contributed by atoms with van der Waals surface area (Å²) in [6.45, 7) is 2.55. The average Bonchev–Trinajstić information content (AvgIpc) is 2.86. The third-order valence-corrected chi connectivity index (χ3v) is 3.56. The van der Waals surface area contributed by atoms with Crippen molar-refractivity contribution in [3.63, 3.8) is 0 Å². The summed E-state index contributed by atoms with van der Waals surface area (Å²) in [5.41, 5.74) is 5.44. The summed E-state index contributed by atoms with van der Waals surface area (Å²) in [7, 11) is 0. The van der Waals surface area contributed by atoms with E-state index in [9.17, 15) is 9.59 Å². The van der Waals surface area contributed by atoms with Crippen LogP contribution in [0.3, 0.4) is 0 Å². The molecule has 1 amide bonds. The maximum Gasteiger partial charge on any atom is 0.306 e. The lowest BCUT2D eigenvalue weighted by Crippen LogP contribution is -2.45. The van der Waals surface area contributed by atoms with Crippen LogP contribution >= 0.6 is 0 Å². The minimum absolute atomic E-state index is 0.103. The van der Waals surface area contributed by atoms with E-state index < -0.39 is 5.97 Å². The van der Waals surface area contributed by atoms with Crippen LogP contribution in [0.25, 0.3) is 0 Å². The second-order valence-electron chi connectivity index (χ2n) is 4.88. The molecule has 0 saturated carbocycles. The van der Waals surface area contributed by atoms with Crippen molar-refractivity contribution in [2.24, 2.45) is 11.7 Å². The van der Waals surface area contributed by atoms with Crippen molar-refractivity contribution in [1.29, 1.82) is 0 Å². The van der Waals surface area contributed by atoms with E-state index in [4.69, 9.17) is 15.3 Å². The van der Waals surface area contributed by atoms with Crippen LogP contribution in [0, 0.1) is 5.92 Å². The van der Waals surface area contributed by atoms with E-state index in [1.165, 1.54) is 0 Å². The first-order valence-corrected chi connectivity index (χ1v) is 6.35. The highest BCUT2D eigenvalue weighted by Gasteiger charge is 2.33. The highest BCUT2D eigenvalue weighted by molar-refractivity contribution is 5.92. The molecule has 0 aliphatic carbocycles. The number of nitrogens with zero attached hydrogens (tertiary/aromatic N) is 1. The Labute approximate surface area is 111 Å². The number of hydrogen-bond acceptors (Lipinski definition) is 4. The molecule has 2 unspecified atom stereocenters. The van der Waals surface area contributed by atoms with Crippen LogP contribution in [0.4, 0.5) is 0 Å². The normalized spacial score (nSPS) is 23.4. The zero-order valence-corrected chi connectivity index (χ0v) is 10.8. The van der Waals surface area contributed by atoms with Crippen LogP contribution in [-0.2, 0) is 11.3 Å². The van der Waals surface area contributed by atoms with Gasteiger partial charge in [0.2, 0.25) is 0 Å². The zero-order valence-electron chi connectivity index (χ0n) is 10.8. The maximum atomic E-state index is 12.3. The fourth-order valence-corrected chi connectivity index (χ4v) is 2.44. The van der Waals surface area contributed by atoms with Gasteiger partial charge < -0.3 is 20.2 Å². The Kier molecular flexibility index (Phi) is 3.90. The summed E-state index contributed by atoms with van der Waals surface area (Å²) in [6, 6.07) is 3.19. The van der Waals surface area contributed by atoms with Crippen LogP contribution in [-0.4, -0.2) is 34.5 Å². The van der Waals surface area contributed by atoms with E-state index in [1.807, 2.05) is 6.92 Å². The second kappa shape index (κ2) is 5.44. The number of carboxylic acids is 1. The third-order valence-electron chi connectivity index (χ3n) is 3.56. The molecule has 1 fully saturated rings. The second-order valence-corrected chi connectivity index (χ2v) is 4.88. The molecule has 2 rings (SSSR count). The highest BCUT2D eigenvalue weighted by atomic mass is 16.4. The molecular weight excluding hydrogens is 248 g/mol. The van der Waals surface area contributed by atoms with Gasteiger partial charge in [-0.25, -0.2) is 0 Å². The molecule has 1 aliphatic rings. The lowest BCUT2D eigenvalue weighted by atomic mass is 9.91.